The van der Waals surface area contributed by atoms with Gasteiger partial charge in [-0.25, -0.2) is 0 Å². The van der Waals surface area contributed by atoms with E-state index in [1.165, 1.54) is 0 Å². The second-order valence-electron chi connectivity index (χ2n) is 6.25. The smallest absolute Gasteiger partial charge is 0.253 e. The molecule has 0 unspecified atom stereocenters. The summed E-state index contributed by atoms with van der Waals surface area (Å²) in [6.07, 6.45) is 0. The number of para-hydroxylation sites is 2. The van der Waals surface area contributed by atoms with Crippen molar-refractivity contribution in [1.82, 2.24) is 5.32 Å². The van der Waals surface area contributed by atoms with Crippen LogP contribution in [0.5, 0.6) is 17.2 Å². The molecule has 0 radical (unpaired) electrons. The van der Waals surface area contributed by atoms with E-state index in [2.05, 4.69) is 10.6 Å². The van der Waals surface area contributed by atoms with E-state index in [-0.39, 0.29) is 5.91 Å². The number of rotatable bonds is 8. The highest BCUT2D eigenvalue weighted by Gasteiger charge is 2.15. The maximum absolute atomic E-state index is 12.8. The molecule has 0 aliphatic carbocycles. The minimum atomic E-state index is -0.183. The Morgan fingerprint density at radius 2 is 1.45 bits per heavy atom. The van der Waals surface area contributed by atoms with Crippen molar-refractivity contribution in [2.24, 2.45) is 0 Å². The first-order valence-corrected chi connectivity index (χ1v) is 9.14. The number of carbonyl (C=O) groups excluding carboxylic acids is 1. The molecular formula is C23H24N2O4. The van der Waals surface area contributed by atoms with Gasteiger partial charge in [0.2, 0.25) is 5.75 Å². The van der Waals surface area contributed by atoms with E-state index < -0.39 is 0 Å². The predicted molar refractivity (Wildman–Crippen MR) is 113 cm³/mol. The Kier molecular flexibility index (Phi) is 6.58. The molecule has 3 aromatic rings. The van der Waals surface area contributed by atoms with Gasteiger partial charge in [0.15, 0.2) is 11.5 Å². The molecule has 0 fully saturated rings. The van der Waals surface area contributed by atoms with Crippen molar-refractivity contribution in [3.63, 3.8) is 0 Å². The molecule has 6 heteroatoms. The number of hydrogen-bond donors (Lipinski definition) is 2. The van der Waals surface area contributed by atoms with Crippen LogP contribution in [0.15, 0.2) is 66.7 Å². The molecule has 0 spiro atoms. The molecule has 0 saturated carbocycles. The summed E-state index contributed by atoms with van der Waals surface area (Å²) in [5.74, 6) is 1.42. The van der Waals surface area contributed by atoms with Crippen LogP contribution in [0.25, 0.3) is 0 Å². The first-order chi connectivity index (χ1) is 14.2. The number of amides is 1. The van der Waals surface area contributed by atoms with Crippen molar-refractivity contribution in [3.8, 4) is 17.2 Å². The van der Waals surface area contributed by atoms with Gasteiger partial charge in [0.25, 0.3) is 5.91 Å². The molecule has 0 saturated heterocycles. The summed E-state index contributed by atoms with van der Waals surface area (Å²) in [6, 6.07) is 20.7. The molecule has 150 valence electrons. The van der Waals surface area contributed by atoms with Crippen molar-refractivity contribution >= 4 is 17.3 Å². The molecular weight excluding hydrogens is 368 g/mol. The van der Waals surface area contributed by atoms with E-state index in [0.29, 0.717) is 29.4 Å². The first-order valence-electron chi connectivity index (χ1n) is 9.14. The van der Waals surface area contributed by atoms with Crippen molar-refractivity contribution < 1.29 is 19.0 Å². The van der Waals surface area contributed by atoms with Crippen molar-refractivity contribution in [2.75, 3.05) is 26.6 Å². The SMILES string of the molecule is COc1cc(CNC(=O)c2ccccc2Nc2ccccc2)cc(OC)c1OC. The number of nitrogens with one attached hydrogen (secondary N) is 2. The van der Waals surface area contributed by atoms with Gasteiger partial charge in [0, 0.05) is 12.2 Å². The van der Waals surface area contributed by atoms with Gasteiger partial charge >= 0.3 is 0 Å². The molecule has 29 heavy (non-hydrogen) atoms. The Hall–Kier alpha value is -3.67. The predicted octanol–water partition coefficient (Wildman–Crippen LogP) is 4.39. The van der Waals surface area contributed by atoms with Crippen LogP contribution in [-0.4, -0.2) is 27.2 Å². The van der Waals surface area contributed by atoms with Gasteiger partial charge in [-0.15, -0.1) is 0 Å². The van der Waals surface area contributed by atoms with Gasteiger partial charge < -0.3 is 24.8 Å². The van der Waals surface area contributed by atoms with Gasteiger partial charge in [-0.3, -0.25) is 4.79 Å². The molecule has 6 nitrogen and oxygen atoms in total. The fourth-order valence-electron chi connectivity index (χ4n) is 2.98. The average Bonchev–Trinajstić information content (AvgIpc) is 2.77. The zero-order valence-corrected chi connectivity index (χ0v) is 16.7. The molecule has 3 aromatic carbocycles. The fourth-order valence-corrected chi connectivity index (χ4v) is 2.98. The van der Waals surface area contributed by atoms with Crippen LogP contribution < -0.4 is 24.8 Å². The average molecular weight is 392 g/mol. The van der Waals surface area contributed by atoms with E-state index in [0.717, 1.165) is 16.9 Å². The number of methoxy groups -OCH3 is 3. The van der Waals surface area contributed by atoms with Gasteiger partial charge in [-0.1, -0.05) is 30.3 Å². The summed E-state index contributed by atoms with van der Waals surface area (Å²) in [4.78, 5) is 12.8. The molecule has 0 aromatic heterocycles. The zero-order valence-electron chi connectivity index (χ0n) is 16.7. The Morgan fingerprint density at radius 1 is 0.828 bits per heavy atom. The van der Waals surface area contributed by atoms with Crippen LogP contribution in [0.3, 0.4) is 0 Å². The van der Waals surface area contributed by atoms with E-state index >= 15 is 0 Å². The highest BCUT2D eigenvalue weighted by molar-refractivity contribution is 6.00. The molecule has 0 heterocycles. The van der Waals surface area contributed by atoms with Crippen LogP contribution in [0.4, 0.5) is 11.4 Å². The van der Waals surface area contributed by atoms with Crippen LogP contribution in [0.1, 0.15) is 15.9 Å². The molecule has 3 rings (SSSR count). The second-order valence-corrected chi connectivity index (χ2v) is 6.25. The zero-order chi connectivity index (χ0) is 20.6. The van der Waals surface area contributed by atoms with Crippen molar-refractivity contribution in [2.45, 2.75) is 6.54 Å². The lowest BCUT2D eigenvalue weighted by molar-refractivity contribution is 0.0951. The molecule has 0 bridgehead atoms. The highest BCUT2D eigenvalue weighted by Crippen LogP contribution is 2.38. The second kappa shape index (κ2) is 9.50. The van der Waals surface area contributed by atoms with Gasteiger partial charge in [0.05, 0.1) is 32.6 Å². The summed E-state index contributed by atoms with van der Waals surface area (Å²) >= 11 is 0. The van der Waals surface area contributed by atoms with Crippen molar-refractivity contribution in [1.29, 1.82) is 0 Å². The lowest BCUT2D eigenvalue weighted by atomic mass is 10.1. The molecule has 0 aliphatic heterocycles. The van der Waals surface area contributed by atoms with Crippen LogP contribution in [0, 0.1) is 0 Å². The van der Waals surface area contributed by atoms with Gasteiger partial charge in [0.1, 0.15) is 0 Å². The van der Waals surface area contributed by atoms with Gasteiger partial charge in [-0.2, -0.15) is 0 Å². The number of carbonyl (C=O) groups is 1. The van der Waals surface area contributed by atoms with E-state index in [4.69, 9.17) is 14.2 Å². The van der Waals surface area contributed by atoms with Gasteiger partial charge in [-0.05, 0) is 42.0 Å². The maximum atomic E-state index is 12.8. The fraction of sp³-hybridized carbons (Fsp3) is 0.174. The molecule has 1 amide bonds. The lowest BCUT2D eigenvalue weighted by Crippen LogP contribution is -2.23. The summed E-state index contributed by atoms with van der Waals surface area (Å²) < 4.78 is 16.1. The summed E-state index contributed by atoms with van der Waals surface area (Å²) in [6.45, 7) is 0.315. The van der Waals surface area contributed by atoms with Crippen LogP contribution >= 0.6 is 0 Å². The van der Waals surface area contributed by atoms with E-state index in [1.807, 2.05) is 60.7 Å². The third-order valence-corrected chi connectivity index (χ3v) is 4.40. The van der Waals surface area contributed by atoms with E-state index in [9.17, 15) is 4.79 Å². The summed E-state index contributed by atoms with van der Waals surface area (Å²) in [5.41, 5.74) is 3.05. The van der Waals surface area contributed by atoms with Crippen LogP contribution in [-0.2, 0) is 6.54 Å². The normalized spacial score (nSPS) is 10.2. The minimum absolute atomic E-state index is 0.183. The third kappa shape index (κ3) is 4.79. The monoisotopic (exact) mass is 392 g/mol. The molecule has 0 atom stereocenters. The van der Waals surface area contributed by atoms with Crippen LogP contribution in [0.2, 0.25) is 0 Å². The van der Waals surface area contributed by atoms with E-state index in [1.54, 1.807) is 27.4 Å². The standard InChI is InChI=1S/C23H24N2O4/c1-27-20-13-16(14-21(28-2)22(20)29-3)15-24-23(26)18-11-7-8-12-19(18)25-17-9-5-4-6-10-17/h4-14,25H,15H2,1-3H3,(H,24,26). The number of benzene rings is 3. The summed E-state index contributed by atoms with van der Waals surface area (Å²) in [7, 11) is 4.68. The third-order valence-electron chi connectivity index (χ3n) is 4.40. The Bertz CT molecular complexity index is 949. The Balaban J connectivity index is 1.76. The lowest BCUT2D eigenvalue weighted by Gasteiger charge is -2.15. The Labute approximate surface area is 170 Å². The Morgan fingerprint density at radius 3 is 2.07 bits per heavy atom. The number of ether oxygens (including phenoxy) is 3. The topological polar surface area (TPSA) is 68.8 Å². The summed E-state index contributed by atoms with van der Waals surface area (Å²) in [5, 5.41) is 6.24. The quantitative estimate of drug-likeness (QED) is 0.595. The molecule has 0 aliphatic rings. The minimum Gasteiger partial charge on any atom is -0.493 e. The number of anilines is 2. The maximum Gasteiger partial charge on any atom is 0.253 e. The van der Waals surface area contributed by atoms with Crippen molar-refractivity contribution in [3.05, 3.63) is 77.9 Å². The first kappa shape index (κ1) is 20.1. The highest BCUT2D eigenvalue weighted by atomic mass is 16.5. The molecule has 2 N–H and O–H groups in total. The number of hydrogen-bond acceptors (Lipinski definition) is 5. The largest absolute Gasteiger partial charge is 0.493 e.